The van der Waals surface area contributed by atoms with Gasteiger partial charge in [0.15, 0.2) is 12.6 Å². The number of carbonyl (C=O) groups excluding carboxylic acids is 5. The van der Waals surface area contributed by atoms with Crippen LogP contribution in [0.4, 0.5) is 0 Å². The van der Waals surface area contributed by atoms with Crippen LogP contribution in [0, 0.1) is 0 Å². The highest BCUT2D eigenvalue weighted by Crippen LogP contribution is 2.40. The van der Waals surface area contributed by atoms with E-state index in [0.29, 0.717) is 0 Å². The first kappa shape index (κ1) is 55.1. The number of nitrogens with one attached hydrogen (secondary N) is 3. The molecule has 4 aliphatic heterocycles. The molecule has 4 rings (SSSR count). The summed E-state index contributed by atoms with van der Waals surface area (Å²) in [5, 5.41) is 171. The highest BCUT2D eigenvalue weighted by molar-refractivity contribution is 5.76. The van der Waals surface area contributed by atoms with Gasteiger partial charge in [-0.1, -0.05) is 0 Å². The van der Waals surface area contributed by atoms with Crippen molar-refractivity contribution in [2.75, 3.05) is 26.4 Å². The third kappa shape index (κ3) is 11.9. The molecule has 3 amide bonds. The maximum atomic E-state index is 13.0. The van der Waals surface area contributed by atoms with Gasteiger partial charge in [-0.3, -0.25) is 14.4 Å². The number of carboxylic acid groups (broad SMARTS) is 2. The van der Waals surface area contributed by atoms with Crippen LogP contribution in [0.2, 0.25) is 0 Å². The molecule has 0 bridgehead atoms. The molecule has 22 atom stereocenters. The van der Waals surface area contributed by atoms with Crippen molar-refractivity contribution in [1.29, 1.82) is 0 Å². The van der Waals surface area contributed by atoms with E-state index in [4.69, 9.17) is 33.2 Å². The highest BCUT2D eigenvalue weighted by atomic mass is 16.8. The van der Waals surface area contributed by atoms with E-state index in [1.54, 1.807) is 0 Å². The van der Waals surface area contributed by atoms with Gasteiger partial charge in [0.1, 0.15) is 97.3 Å². The number of hydrogen-bond acceptors (Lipinski definition) is 27. The Labute approximate surface area is 373 Å². The molecule has 4 saturated heterocycles. The summed E-state index contributed by atoms with van der Waals surface area (Å²) in [4.78, 5) is 61.8. The molecule has 0 aromatic heterocycles. The lowest BCUT2D eigenvalue weighted by Gasteiger charge is -2.53. The van der Waals surface area contributed by atoms with Crippen LogP contribution in [0.1, 0.15) is 33.6 Å². The van der Waals surface area contributed by atoms with Crippen LogP contribution < -0.4 is 26.2 Å². The minimum Gasteiger partial charge on any atom is -0.544 e. The van der Waals surface area contributed by atoms with E-state index in [9.17, 15) is 101 Å². The lowest BCUT2D eigenvalue weighted by Crippen LogP contribution is -2.73. The van der Waals surface area contributed by atoms with Gasteiger partial charge in [0, 0.05) is 33.6 Å². The zero-order chi connectivity index (χ0) is 49.7. The molecule has 0 saturated carbocycles. The van der Waals surface area contributed by atoms with E-state index >= 15 is 0 Å². The third-order valence-corrected chi connectivity index (χ3v) is 11.3. The fourth-order valence-electron chi connectivity index (χ4n) is 8.15. The largest absolute Gasteiger partial charge is 0.544 e. The Morgan fingerprint density at radius 3 is 1.58 bits per heavy atom. The molecule has 4 aliphatic rings. The van der Waals surface area contributed by atoms with E-state index < -0.39 is 203 Å². The first-order valence-corrected chi connectivity index (χ1v) is 20.3. The molecular weight excluding hydrogens is 906 g/mol. The molecule has 30 heteroatoms. The fourth-order valence-corrected chi connectivity index (χ4v) is 8.15. The summed E-state index contributed by atoms with van der Waals surface area (Å²) in [5.41, 5.74) is 0. The molecule has 1 unspecified atom stereocenters. The number of aliphatic carboxylic acids is 2. The second-order valence-electron chi connectivity index (χ2n) is 16.2. The van der Waals surface area contributed by atoms with Gasteiger partial charge in [-0.25, -0.2) is 0 Å². The number of carboxylic acids is 2. The van der Waals surface area contributed by atoms with Crippen molar-refractivity contribution >= 4 is 29.7 Å². The number of carbonyl (C=O) groups is 5. The van der Waals surface area contributed by atoms with Crippen LogP contribution in [-0.4, -0.2) is 256 Å². The lowest BCUT2D eigenvalue weighted by atomic mass is 9.87. The van der Waals surface area contributed by atoms with Crippen molar-refractivity contribution < 1.29 is 134 Å². The zero-order valence-electron chi connectivity index (χ0n) is 35.3. The van der Waals surface area contributed by atoms with Gasteiger partial charge in [-0.15, -0.1) is 0 Å². The Morgan fingerprint density at radius 2 is 1.11 bits per heavy atom. The van der Waals surface area contributed by atoms with Gasteiger partial charge in [-0.05, 0) is 0 Å². The summed E-state index contributed by atoms with van der Waals surface area (Å²) in [7, 11) is 0. The zero-order valence-corrected chi connectivity index (χ0v) is 35.3. The molecule has 66 heavy (non-hydrogen) atoms. The first-order chi connectivity index (χ1) is 30.8. The van der Waals surface area contributed by atoms with Crippen LogP contribution in [0.25, 0.3) is 0 Å². The summed E-state index contributed by atoms with van der Waals surface area (Å²) >= 11 is 0. The van der Waals surface area contributed by atoms with E-state index in [-0.39, 0.29) is 0 Å². The Kier molecular flexibility index (Phi) is 19.0. The van der Waals surface area contributed by atoms with Crippen molar-refractivity contribution in [2.24, 2.45) is 0 Å². The number of rotatable bonds is 19. The number of aliphatic hydroxyl groups excluding tert-OH is 13. The maximum absolute atomic E-state index is 13.0. The summed E-state index contributed by atoms with van der Waals surface area (Å²) in [5.74, 6) is -14.1. The summed E-state index contributed by atoms with van der Waals surface area (Å²) in [6.07, 6.45) is -38.8. The predicted molar refractivity (Wildman–Crippen MR) is 198 cm³/mol. The van der Waals surface area contributed by atoms with Crippen molar-refractivity contribution in [3.8, 4) is 0 Å². The van der Waals surface area contributed by atoms with Gasteiger partial charge >= 0.3 is 0 Å². The van der Waals surface area contributed by atoms with Gasteiger partial charge in [0.25, 0.3) is 0 Å². The van der Waals surface area contributed by atoms with Crippen LogP contribution in [-0.2, 0) is 57.1 Å². The second-order valence-corrected chi connectivity index (χ2v) is 16.2. The molecule has 4 fully saturated rings. The van der Waals surface area contributed by atoms with Crippen molar-refractivity contribution in [2.45, 2.75) is 167 Å². The van der Waals surface area contributed by atoms with Gasteiger partial charge < -0.3 is 135 Å². The normalized spacial score (nSPS) is 41.4. The van der Waals surface area contributed by atoms with E-state index in [1.807, 2.05) is 0 Å². The fraction of sp³-hybridized carbons (Fsp3) is 0.861. The number of hydrogen-bond donors (Lipinski definition) is 16. The Balaban J connectivity index is 1.67. The molecule has 0 radical (unpaired) electrons. The highest BCUT2D eigenvalue weighted by Gasteiger charge is 2.59. The van der Waals surface area contributed by atoms with Crippen LogP contribution in [0.15, 0.2) is 0 Å². The number of amides is 3. The smallest absolute Gasteiger partial charge is 0.217 e. The average molecular weight is 964 g/mol. The monoisotopic (exact) mass is 963 g/mol. The second kappa shape index (κ2) is 22.8. The summed E-state index contributed by atoms with van der Waals surface area (Å²) in [6.45, 7) is -1.88. The topological polar surface area (TPSA) is 495 Å². The Hall–Kier alpha value is -3.45. The van der Waals surface area contributed by atoms with Crippen LogP contribution in [0.3, 0.4) is 0 Å². The van der Waals surface area contributed by atoms with Crippen LogP contribution >= 0.6 is 0 Å². The van der Waals surface area contributed by atoms with E-state index in [0.717, 1.165) is 20.8 Å². The molecule has 0 spiro atoms. The summed E-state index contributed by atoms with van der Waals surface area (Å²) in [6, 6.07) is -5.21. The van der Waals surface area contributed by atoms with Gasteiger partial charge in [0.05, 0.1) is 50.7 Å². The number of aliphatic hydroxyl groups is 13. The molecule has 0 aliphatic carbocycles. The predicted octanol–water partition coefficient (Wildman–Crippen LogP) is -13.6. The van der Waals surface area contributed by atoms with E-state index in [2.05, 4.69) is 16.0 Å². The summed E-state index contributed by atoms with van der Waals surface area (Å²) < 4.78 is 38.6. The molecule has 4 heterocycles. The molecular formula is C36H57N3O27-2. The third-order valence-electron chi connectivity index (χ3n) is 11.3. The van der Waals surface area contributed by atoms with Gasteiger partial charge in [-0.2, -0.15) is 0 Å². The van der Waals surface area contributed by atoms with Crippen molar-refractivity contribution in [1.82, 2.24) is 16.0 Å². The Morgan fingerprint density at radius 1 is 0.636 bits per heavy atom. The van der Waals surface area contributed by atoms with Crippen LogP contribution in [0.5, 0.6) is 0 Å². The SMILES string of the molecule is CC(=O)N[C@H]1[C@H]([C@H](O)[C@H](O)CO)O[C@@](O[C@H](CO)[C@@H](O)[C@@H]2O[C@@](O[C@@H]3[C@H](O)[C@@H](O)[C@H](O[C@H]4[C@H](O)[C@@H](NC(C)=O)C(O)O[C@@H]4CO)O[C@@H]3CO)(C(=O)[O-])C[C@H](O)[C@H]2NC(C)=O)(C(=O)[O-])C[C@@H]1O. The minimum absolute atomic E-state index is 0.745. The maximum Gasteiger partial charge on any atom is 0.217 e. The molecule has 16 N–H and O–H groups in total. The standard InChI is InChI=1S/C36H59N3O27/c1-10(44)37-19-13(47)4-35(33(56)57,65-29(19)22(50)15(49)6-40)63-16(7-41)23(51)30-20(38-11(2)45)14(48)5-36(66-30,34(58)59)64-28-18(9-43)61-32(26(54)25(28)53)62-27-17(8-42)60-31(55)21(24(27)52)39-12(3)46/h13-32,40-43,47-55H,4-9H2,1-3H3,(H,37,44)(H,38,45)(H,39,46)(H,56,57)(H,58,59)/p-2/t13-,14-,15+,16+,17+,18+,19+,20+,21+,22+,23+,24+,25+,26+,27+,28-,29+,30+,31?,32-,35+,36+/m0/s1. The van der Waals surface area contributed by atoms with Crippen molar-refractivity contribution in [3.05, 3.63) is 0 Å². The van der Waals surface area contributed by atoms with E-state index in [1.165, 1.54) is 0 Å². The molecule has 30 nitrogen and oxygen atoms in total. The van der Waals surface area contributed by atoms with Crippen molar-refractivity contribution in [3.63, 3.8) is 0 Å². The number of ether oxygens (including phenoxy) is 7. The molecule has 0 aromatic carbocycles. The molecule has 0 aromatic rings. The minimum atomic E-state index is -3.42. The quantitative estimate of drug-likeness (QED) is 0.0571. The molecule has 380 valence electrons. The lowest BCUT2D eigenvalue weighted by molar-refractivity contribution is -0.413. The Bertz CT molecular complexity index is 1680. The average Bonchev–Trinajstić information content (AvgIpc) is 3.25. The first-order valence-electron chi connectivity index (χ1n) is 20.3. The van der Waals surface area contributed by atoms with Gasteiger partial charge in [0.2, 0.25) is 29.3 Å².